The minimum atomic E-state index is -0.552. The number of fused-ring (bicyclic) bond motifs is 4. The van der Waals surface area contributed by atoms with Crippen molar-refractivity contribution in [2.24, 2.45) is 0 Å². The van der Waals surface area contributed by atoms with E-state index in [1.54, 1.807) is 4.90 Å². The molecule has 2 heterocycles. The largest absolute Gasteiger partial charge is 0.468 e. The zero-order chi connectivity index (χ0) is 13.8. The maximum atomic E-state index is 12.3. The predicted molar refractivity (Wildman–Crippen MR) is 73.1 cm³/mol. The third-order valence-electron chi connectivity index (χ3n) is 4.00. The number of rotatable bonds is 1. The van der Waals surface area contributed by atoms with Gasteiger partial charge in [-0.3, -0.25) is 4.90 Å². The van der Waals surface area contributed by atoms with Crippen LogP contribution in [0.2, 0.25) is 0 Å². The highest BCUT2D eigenvalue weighted by Crippen LogP contribution is 2.44. The Kier molecular flexibility index (Phi) is 2.52. The lowest BCUT2D eigenvalue weighted by Gasteiger charge is -2.52. The molecule has 0 radical (unpaired) electrons. The Bertz CT molecular complexity index is 541. The van der Waals surface area contributed by atoms with Gasteiger partial charge in [-0.1, -0.05) is 17.7 Å². The Morgan fingerprint density at radius 3 is 2.89 bits per heavy atom. The van der Waals surface area contributed by atoms with Crippen molar-refractivity contribution in [1.29, 1.82) is 0 Å². The summed E-state index contributed by atoms with van der Waals surface area (Å²) in [6.07, 6.45) is 0.785. The second-order valence-corrected chi connectivity index (χ2v) is 5.99. The van der Waals surface area contributed by atoms with E-state index in [1.807, 2.05) is 32.9 Å². The Hall–Kier alpha value is -1.71. The summed E-state index contributed by atoms with van der Waals surface area (Å²) in [5, 5.41) is 3.09. The first kappa shape index (κ1) is 12.3. The highest BCUT2D eigenvalue weighted by molar-refractivity contribution is 5.77. The van der Waals surface area contributed by atoms with Gasteiger partial charge in [0, 0.05) is 18.0 Å². The number of nitrogens with zero attached hydrogens (tertiary/aromatic N) is 1. The summed E-state index contributed by atoms with van der Waals surface area (Å²) in [7, 11) is 0. The number of carbonyl (C=O) groups excluding carboxylic acids is 1. The van der Waals surface area contributed by atoms with Crippen LogP contribution in [0.4, 0.5) is 4.79 Å². The molecule has 4 heteroatoms. The van der Waals surface area contributed by atoms with Gasteiger partial charge in [-0.25, -0.2) is 4.79 Å². The molecule has 2 aliphatic rings. The van der Waals surface area contributed by atoms with Crippen LogP contribution >= 0.6 is 0 Å². The van der Waals surface area contributed by atoms with E-state index >= 15 is 0 Å². The van der Waals surface area contributed by atoms with Crippen LogP contribution in [0, 0.1) is 6.92 Å². The van der Waals surface area contributed by atoms with Crippen molar-refractivity contribution in [3.05, 3.63) is 29.3 Å². The zero-order valence-corrected chi connectivity index (χ0v) is 11.9. The maximum Gasteiger partial charge on any atom is 0.321 e. The summed E-state index contributed by atoms with van der Waals surface area (Å²) in [4.78, 5) is 14.1. The molecule has 0 saturated carbocycles. The van der Waals surface area contributed by atoms with Crippen LogP contribution in [0.5, 0.6) is 5.75 Å². The molecule has 2 amide bonds. The molecule has 1 aromatic carbocycles. The molecule has 2 atom stereocenters. The van der Waals surface area contributed by atoms with Gasteiger partial charge in [-0.05, 0) is 33.8 Å². The molecule has 1 fully saturated rings. The van der Waals surface area contributed by atoms with Crippen LogP contribution < -0.4 is 10.1 Å². The summed E-state index contributed by atoms with van der Waals surface area (Å²) in [5.41, 5.74) is 1.73. The topological polar surface area (TPSA) is 41.6 Å². The van der Waals surface area contributed by atoms with E-state index in [1.165, 1.54) is 5.56 Å². The molecule has 3 rings (SSSR count). The molecule has 0 spiro atoms. The molecule has 2 unspecified atom stereocenters. The number of urea groups is 1. The van der Waals surface area contributed by atoms with Crippen LogP contribution in [0.1, 0.15) is 44.4 Å². The standard InChI is InChI=1S/C15H20N2O2/c1-9(2)17-14(18)16-12-8-15(17,4)19-13-6-5-10(3)7-11(12)13/h5-7,9,12H,8H2,1-4H3,(H,16,18). The van der Waals surface area contributed by atoms with Gasteiger partial charge in [0.2, 0.25) is 0 Å². The number of carbonyl (C=O) groups is 1. The number of hydrogen-bond acceptors (Lipinski definition) is 2. The Balaban J connectivity index is 2.08. The van der Waals surface area contributed by atoms with Gasteiger partial charge >= 0.3 is 6.03 Å². The van der Waals surface area contributed by atoms with Crippen molar-refractivity contribution in [2.45, 2.75) is 51.9 Å². The van der Waals surface area contributed by atoms with Crippen molar-refractivity contribution in [1.82, 2.24) is 10.2 Å². The molecule has 0 aromatic heterocycles. The minimum Gasteiger partial charge on any atom is -0.468 e. The van der Waals surface area contributed by atoms with Gasteiger partial charge in [0.15, 0.2) is 5.72 Å². The molecule has 1 saturated heterocycles. The maximum absolute atomic E-state index is 12.3. The quantitative estimate of drug-likeness (QED) is 0.843. The van der Waals surface area contributed by atoms with E-state index in [0.29, 0.717) is 0 Å². The van der Waals surface area contributed by atoms with E-state index in [4.69, 9.17) is 4.74 Å². The number of benzene rings is 1. The third-order valence-corrected chi connectivity index (χ3v) is 4.00. The fraction of sp³-hybridized carbons (Fsp3) is 0.533. The predicted octanol–water partition coefficient (Wildman–Crippen LogP) is 2.97. The smallest absolute Gasteiger partial charge is 0.321 e. The molecule has 4 nitrogen and oxygen atoms in total. The number of ether oxygens (including phenoxy) is 1. The van der Waals surface area contributed by atoms with Crippen molar-refractivity contribution >= 4 is 6.03 Å². The van der Waals surface area contributed by atoms with E-state index in [2.05, 4.69) is 18.3 Å². The van der Waals surface area contributed by atoms with Crippen LogP contribution in [0.15, 0.2) is 18.2 Å². The van der Waals surface area contributed by atoms with Gasteiger partial charge in [-0.15, -0.1) is 0 Å². The summed E-state index contributed by atoms with van der Waals surface area (Å²) in [6, 6.07) is 6.27. The van der Waals surface area contributed by atoms with Crippen LogP contribution in [-0.2, 0) is 0 Å². The Morgan fingerprint density at radius 1 is 1.47 bits per heavy atom. The average molecular weight is 260 g/mol. The molecule has 0 aliphatic carbocycles. The van der Waals surface area contributed by atoms with E-state index in [0.717, 1.165) is 17.7 Å². The first-order valence-electron chi connectivity index (χ1n) is 6.80. The highest BCUT2D eigenvalue weighted by Gasteiger charge is 2.49. The van der Waals surface area contributed by atoms with Crippen molar-refractivity contribution in [3.8, 4) is 5.75 Å². The van der Waals surface area contributed by atoms with Gasteiger partial charge < -0.3 is 10.1 Å². The first-order chi connectivity index (χ1) is 8.90. The SMILES string of the molecule is Cc1ccc2c(c1)C1CC(C)(O2)N(C(C)C)C(=O)N1. The normalized spacial score (nSPS) is 28.8. The average Bonchev–Trinajstić information content (AvgIpc) is 2.28. The van der Waals surface area contributed by atoms with E-state index < -0.39 is 5.72 Å². The minimum absolute atomic E-state index is 0.0408. The lowest BCUT2D eigenvalue weighted by molar-refractivity contribution is -0.0963. The zero-order valence-electron chi connectivity index (χ0n) is 11.9. The summed E-state index contributed by atoms with van der Waals surface area (Å²) >= 11 is 0. The van der Waals surface area contributed by atoms with Gasteiger partial charge in [0.1, 0.15) is 5.75 Å². The molecule has 2 bridgehead atoms. The van der Waals surface area contributed by atoms with Crippen LogP contribution in [0.3, 0.4) is 0 Å². The van der Waals surface area contributed by atoms with Crippen LogP contribution in [0.25, 0.3) is 0 Å². The molecular formula is C15H20N2O2. The van der Waals surface area contributed by atoms with Crippen molar-refractivity contribution < 1.29 is 9.53 Å². The summed E-state index contributed by atoms with van der Waals surface area (Å²) in [6.45, 7) is 8.08. The van der Waals surface area contributed by atoms with E-state index in [-0.39, 0.29) is 18.1 Å². The molecule has 19 heavy (non-hydrogen) atoms. The molecule has 102 valence electrons. The van der Waals surface area contributed by atoms with Crippen molar-refractivity contribution in [3.63, 3.8) is 0 Å². The summed E-state index contributed by atoms with van der Waals surface area (Å²) in [5.74, 6) is 0.884. The number of hydrogen-bond donors (Lipinski definition) is 1. The molecule has 1 aromatic rings. The molecule has 1 N–H and O–H groups in total. The third kappa shape index (κ3) is 1.78. The lowest BCUT2D eigenvalue weighted by atomic mass is 9.89. The molecule has 2 aliphatic heterocycles. The Labute approximate surface area is 113 Å². The monoisotopic (exact) mass is 260 g/mol. The lowest BCUT2D eigenvalue weighted by Crippen LogP contribution is -2.66. The van der Waals surface area contributed by atoms with Crippen molar-refractivity contribution in [2.75, 3.05) is 0 Å². The number of aryl methyl sites for hydroxylation is 1. The van der Waals surface area contributed by atoms with Gasteiger partial charge in [0.25, 0.3) is 0 Å². The van der Waals surface area contributed by atoms with Crippen LogP contribution in [-0.4, -0.2) is 22.7 Å². The van der Waals surface area contributed by atoms with Gasteiger partial charge in [-0.2, -0.15) is 0 Å². The fourth-order valence-electron chi connectivity index (χ4n) is 3.29. The first-order valence-corrected chi connectivity index (χ1v) is 6.80. The number of amides is 2. The second kappa shape index (κ2) is 3.89. The van der Waals surface area contributed by atoms with E-state index in [9.17, 15) is 4.79 Å². The Morgan fingerprint density at radius 2 is 2.21 bits per heavy atom. The molecular weight excluding hydrogens is 240 g/mol. The summed E-state index contributed by atoms with van der Waals surface area (Å²) < 4.78 is 6.15. The van der Waals surface area contributed by atoms with Gasteiger partial charge in [0.05, 0.1) is 6.04 Å². The second-order valence-electron chi connectivity index (χ2n) is 5.99. The number of nitrogens with one attached hydrogen (secondary N) is 1. The highest BCUT2D eigenvalue weighted by atomic mass is 16.5. The fourth-order valence-corrected chi connectivity index (χ4v) is 3.29.